The molecule has 17 nitrogen and oxygen atoms in total. The number of hydrogen-bond acceptors (Lipinski definition) is 15. The lowest BCUT2D eigenvalue weighted by atomic mass is 9.99. The molecule has 19 heteroatoms. The van der Waals surface area contributed by atoms with E-state index in [1.807, 2.05) is 0 Å². The van der Waals surface area contributed by atoms with Crippen molar-refractivity contribution < 1.29 is 80.2 Å². The van der Waals surface area contributed by atoms with Gasteiger partial charge < -0.3 is 33.8 Å². The van der Waals surface area contributed by atoms with Crippen LogP contribution in [0.1, 0.15) is 395 Å². The number of carbonyl (C=O) groups excluding carboxylic acids is 4. The van der Waals surface area contributed by atoms with Crippen LogP contribution in [0, 0.1) is 11.8 Å². The lowest BCUT2D eigenvalue weighted by molar-refractivity contribution is -0.161. The highest BCUT2D eigenvalue weighted by molar-refractivity contribution is 7.47. The lowest BCUT2D eigenvalue weighted by Gasteiger charge is -2.21. The van der Waals surface area contributed by atoms with Crippen LogP contribution in [0.3, 0.4) is 0 Å². The van der Waals surface area contributed by atoms with Gasteiger partial charge in [0.05, 0.1) is 26.4 Å². The van der Waals surface area contributed by atoms with Crippen LogP contribution in [0.4, 0.5) is 0 Å². The fraction of sp³-hybridized carbons (Fsp3) is 0.947. The number of aliphatic hydroxyl groups is 1. The number of aliphatic hydroxyl groups excluding tert-OH is 1. The van der Waals surface area contributed by atoms with Crippen LogP contribution in [-0.2, 0) is 65.4 Å². The molecule has 0 amide bonds. The van der Waals surface area contributed by atoms with Crippen molar-refractivity contribution >= 4 is 39.5 Å². The van der Waals surface area contributed by atoms with Crippen molar-refractivity contribution in [1.82, 2.24) is 0 Å². The summed E-state index contributed by atoms with van der Waals surface area (Å²) in [6.07, 6.45) is 55.6. The highest BCUT2D eigenvalue weighted by Crippen LogP contribution is 2.45. The molecule has 95 heavy (non-hydrogen) atoms. The Bertz CT molecular complexity index is 1840. The smallest absolute Gasteiger partial charge is 0.462 e. The van der Waals surface area contributed by atoms with Gasteiger partial charge in [-0.05, 0) is 37.5 Å². The maximum absolute atomic E-state index is 13.1. The zero-order chi connectivity index (χ0) is 70.0. The lowest BCUT2D eigenvalue weighted by Crippen LogP contribution is -2.30. The fourth-order valence-corrected chi connectivity index (χ4v) is 13.2. The van der Waals surface area contributed by atoms with Crippen LogP contribution in [-0.4, -0.2) is 96.7 Å². The molecule has 0 heterocycles. The Kier molecular flexibility index (Phi) is 66.5. The fourth-order valence-electron chi connectivity index (χ4n) is 11.6. The summed E-state index contributed by atoms with van der Waals surface area (Å²) in [4.78, 5) is 72.7. The maximum atomic E-state index is 13.1. The zero-order valence-corrected chi connectivity index (χ0v) is 63.8. The van der Waals surface area contributed by atoms with Crippen molar-refractivity contribution in [2.24, 2.45) is 11.8 Å². The van der Waals surface area contributed by atoms with E-state index in [0.717, 1.165) is 108 Å². The van der Waals surface area contributed by atoms with Crippen LogP contribution in [0.2, 0.25) is 0 Å². The van der Waals surface area contributed by atoms with Crippen molar-refractivity contribution in [3.05, 3.63) is 0 Å². The van der Waals surface area contributed by atoms with Gasteiger partial charge in [0.2, 0.25) is 0 Å². The monoisotopic (exact) mass is 1400 g/mol. The number of phosphoric acid groups is 2. The first-order valence-corrected chi connectivity index (χ1v) is 42.5. The Balaban J connectivity index is 5.20. The quantitative estimate of drug-likeness (QED) is 0.0222. The van der Waals surface area contributed by atoms with Crippen molar-refractivity contribution in [3.8, 4) is 0 Å². The molecule has 0 spiro atoms. The van der Waals surface area contributed by atoms with Crippen molar-refractivity contribution in [1.29, 1.82) is 0 Å². The van der Waals surface area contributed by atoms with Gasteiger partial charge in [-0.15, -0.1) is 0 Å². The summed E-state index contributed by atoms with van der Waals surface area (Å²) in [6.45, 7) is 9.58. The Morgan fingerprint density at radius 3 is 0.800 bits per heavy atom. The van der Waals surface area contributed by atoms with Gasteiger partial charge in [0, 0.05) is 25.7 Å². The van der Waals surface area contributed by atoms with Gasteiger partial charge in [-0.1, -0.05) is 343 Å². The van der Waals surface area contributed by atoms with Gasteiger partial charge in [-0.3, -0.25) is 37.3 Å². The predicted molar refractivity (Wildman–Crippen MR) is 386 cm³/mol. The minimum atomic E-state index is -4.96. The topological polar surface area (TPSA) is 237 Å². The molecule has 0 aromatic carbocycles. The number of unbranched alkanes of at least 4 members (excludes halogenated alkanes) is 44. The molecule has 0 radical (unpaired) electrons. The van der Waals surface area contributed by atoms with Crippen molar-refractivity contribution in [2.45, 2.75) is 413 Å². The van der Waals surface area contributed by atoms with E-state index >= 15 is 0 Å². The second-order valence-corrected chi connectivity index (χ2v) is 31.0. The van der Waals surface area contributed by atoms with Crippen LogP contribution in [0.15, 0.2) is 0 Å². The first kappa shape index (κ1) is 93.1. The summed E-state index contributed by atoms with van der Waals surface area (Å²) >= 11 is 0. The molecular formula is C76H148O17P2. The molecule has 3 N–H and O–H groups in total. The third-order valence-electron chi connectivity index (χ3n) is 18.1. The van der Waals surface area contributed by atoms with Gasteiger partial charge in [0.1, 0.15) is 19.3 Å². The molecule has 0 aliphatic heterocycles. The molecule has 0 bridgehead atoms. The zero-order valence-electron chi connectivity index (χ0n) is 62.0. The Labute approximate surface area is 581 Å². The second-order valence-electron chi connectivity index (χ2n) is 28.1. The third kappa shape index (κ3) is 69.0. The van der Waals surface area contributed by atoms with Gasteiger partial charge >= 0.3 is 39.5 Å². The van der Waals surface area contributed by atoms with Crippen molar-refractivity contribution in [2.75, 3.05) is 39.6 Å². The first-order valence-electron chi connectivity index (χ1n) is 39.5. The van der Waals surface area contributed by atoms with Crippen LogP contribution in [0.25, 0.3) is 0 Å². The highest BCUT2D eigenvalue weighted by atomic mass is 31.2. The maximum Gasteiger partial charge on any atom is 0.472 e. The van der Waals surface area contributed by atoms with E-state index in [-0.39, 0.29) is 25.7 Å². The largest absolute Gasteiger partial charge is 0.472 e. The summed E-state index contributed by atoms with van der Waals surface area (Å²) in [5.74, 6) is -0.555. The Morgan fingerprint density at radius 1 is 0.305 bits per heavy atom. The van der Waals surface area contributed by atoms with E-state index in [1.54, 1.807) is 0 Å². The molecule has 3 unspecified atom stereocenters. The summed E-state index contributed by atoms with van der Waals surface area (Å²) in [5.41, 5.74) is 0. The molecule has 0 aliphatic rings. The molecule has 0 fully saturated rings. The minimum Gasteiger partial charge on any atom is -0.462 e. The van der Waals surface area contributed by atoms with Gasteiger partial charge in [0.15, 0.2) is 12.2 Å². The Hall–Kier alpha value is -1.94. The number of phosphoric ester groups is 2. The number of carbonyl (C=O) groups is 4. The number of ether oxygens (including phenoxy) is 4. The summed E-state index contributed by atoms with van der Waals surface area (Å²) in [5, 5.41) is 10.6. The van der Waals surface area contributed by atoms with Crippen LogP contribution < -0.4 is 0 Å². The van der Waals surface area contributed by atoms with E-state index in [2.05, 4.69) is 41.5 Å². The molecule has 0 aliphatic carbocycles. The Morgan fingerprint density at radius 2 is 0.537 bits per heavy atom. The molecule has 564 valence electrons. The minimum absolute atomic E-state index is 0.104. The average molecular weight is 1400 g/mol. The SMILES string of the molecule is CCCCCCCCCCCCCCCCCCCCC(=O)OC[C@H](COP(=O)(O)OC[C@@H](O)COP(=O)(O)OC[C@@H](COC(=O)CCCCCCCCCC)OC(=O)CCCCCCCCCCC(C)C)OC(=O)CCCCCCCCCCCCCCCCC(C)CC. The van der Waals surface area contributed by atoms with Gasteiger partial charge in [0.25, 0.3) is 0 Å². The highest BCUT2D eigenvalue weighted by Gasteiger charge is 2.30. The third-order valence-corrected chi connectivity index (χ3v) is 20.0. The summed E-state index contributed by atoms with van der Waals surface area (Å²) in [7, 11) is -9.91. The number of esters is 4. The molecule has 0 aromatic heterocycles. The molecule has 0 aromatic rings. The van der Waals surface area contributed by atoms with E-state index in [4.69, 9.17) is 37.0 Å². The van der Waals surface area contributed by atoms with Gasteiger partial charge in [-0.25, -0.2) is 9.13 Å². The van der Waals surface area contributed by atoms with E-state index in [0.29, 0.717) is 25.7 Å². The normalized spacial score (nSPS) is 14.3. The van der Waals surface area contributed by atoms with Gasteiger partial charge in [-0.2, -0.15) is 0 Å². The predicted octanol–water partition coefficient (Wildman–Crippen LogP) is 22.3. The number of hydrogen-bond donors (Lipinski definition) is 3. The number of rotatable bonds is 75. The molecule has 0 saturated heterocycles. The van der Waals surface area contributed by atoms with Crippen LogP contribution >= 0.6 is 15.6 Å². The molecule has 0 rings (SSSR count). The van der Waals surface area contributed by atoms with E-state index in [1.165, 1.54) is 205 Å². The summed E-state index contributed by atoms with van der Waals surface area (Å²) in [6, 6.07) is 0. The molecule has 0 saturated carbocycles. The molecule has 6 atom stereocenters. The van der Waals surface area contributed by atoms with E-state index in [9.17, 15) is 43.2 Å². The second kappa shape index (κ2) is 67.9. The van der Waals surface area contributed by atoms with Crippen molar-refractivity contribution in [3.63, 3.8) is 0 Å². The molecular weight excluding hydrogens is 1250 g/mol. The standard InChI is InChI=1S/C76H148O17P2/c1-7-10-12-14-16-18-19-20-21-22-23-24-28-31-34-41-47-53-59-74(79)87-65-72(92-75(80)60-54-48-42-35-32-29-26-25-27-30-33-39-45-51-57-69(6)9-3)67-91-95(84,85)89-63-70(77)62-88-94(82,83)90-66-71(64-86-73(78)58-52-46-40-17-15-13-11-8-2)93-76(81)61-55-49-43-37-36-38-44-50-56-68(4)5/h68-72,77H,7-67H2,1-6H3,(H,82,83)(H,84,85)/t69?,70-,71+,72+/m0/s1. The van der Waals surface area contributed by atoms with E-state index < -0.39 is 97.5 Å². The summed E-state index contributed by atoms with van der Waals surface area (Å²) < 4.78 is 68.4. The first-order chi connectivity index (χ1) is 45.9. The average Bonchev–Trinajstić information content (AvgIpc) is 1.26. The van der Waals surface area contributed by atoms with Crippen LogP contribution in [0.5, 0.6) is 0 Å².